The number of methoxy groups -OCH3 is 1. The molecule has 0 aliphatic rings. The summed E-state index contributed by atoms with van der Waals surface area (Å²) in [5.41, 5.74) is 2.85. The summed E-state index contributed by atoms with van der Waals surface area (Å²) in [5.74, 6) is -0.276. The van der Waals surface area contributed by atoms with Gasteiger partial charge in [0.15, 0.2) is 0 Å². The standard InChI is InChI=1S/C12H14N2O3/c1-4-14-11(8(2)6-13-14)9-5-10(17-7-9)12(15)16-3/h5-7H,4H2,1-3H3. The summed E-state index contributed by atoms with van der Waals surface area (Å²) in [5, 5.41) is 4.24. The second-order valence-corrected chi connectivity index (χ2v) is 3.68. The number of esters is 1. The summed E-state index contributed by atoms with van der Waals surface area (Å²) in [6, 6.07) is 1.67. The Morgan fingerprint density at radius 2 is 2.35 bits per heavy atom. The monoisotopic (exact) mass is 234 g/mol. The van der Waals surface area contributed by atoms with Crippen LogP contribution in [0.2, 0.25) is 0 Å². The third-order valence-corrected chi connectivity index (χ3v) is 2.58. The number of carbonyl (C=O) groups excluding carboxylic acids is 1. The number of nitrogens with zero attached hydrogens (tertiary/aromatic N) is 2. The molecule has 90 valence electrons. The van der Waals surface area contributed by atoms with E-state index in [0.29, 0.717) is 0 Å². The highest BCUT2D eigenvalue weighted by Crippen LogP contribution is 2.25. The zero-order chi connectivity index (χ0) is 12.4. The molecule has 5 heteroatoms. The van der Waals surface area contributed by atoms with E-state index in [4.69, 9.17) is 4.42 Å². The van der Waals surface area contributed by atoms with Crippen molar-refractivity contribution in [2.24, 2.45) is 0 Å². The molecule has 17 heavy (non-hydrogen) atoms. The van der Waals surface area contributed by atoms with Crippen molar-refractivity contribution in [1.29, 1.82) is 0 Å². The van der Waals surface area contributed by atoms with E-state index in [1.54, 1.807) is 18.5 Å². The van der Waals surface area contributed by atoms with Crippen LogP contribution in [0.5, 0.6) is 0 Å². The van der Waals surface area contributed by atoms with Crippen molar-refractivity contribution in [2.45, 2.75) is 20.4 Å². The molecule has 0 aliphatic heterocycles. The smallest absolute Gasteiger partial charge is 0.373 e. The number of carbonyl (C=O) groups is 1. The lowest BCUT2D eigenvalue weighted by Gasteiger charge is -2.02. The Hall–Kier alpha value is -2.04. The van der Waals surface area contributed by atoms with Crippen molar-refractivity contribution in [3.8, 4) is 11.3 Å². The number of ether oxygens (including phenoxy) is 1. The van der Waals surface area contributed by atoms with Crippen LogP contribution < -0.4 is 0 Å². The van der Waals surface area contributed by atoms with Crippen LogP contribution in [0.1, 0.15) is 23.0 Å². The lowest BCUT2D eigenvalue weighted by Crippen LogP contribution is -2.00. The van der Waals surface area contributed by atoms with Crippen LogP contribution in [0.15, 0.2) is 22.9 Å². The molecule has 5 nitrogen and oxygen atoms in total. The predicted molar refractivity (Wildman–Crippen MR) is 61.7 cm³/mol. The van der Waals surface area contributed by atoms with Crippen LogP contribution in [0.4, 0.5) is 0 Å². The first-order chi connectivity index (χ1) is 8.17. The number of furan rings is 1. The molecule has 0 saturated heterocycles. The van der Waals surface area contributed by atoms with Crippen molar-refractivity contribution in [2.75, 3.05) is 7.11 Å². The molecule has 0 aliphatic carbocycles. The van der Waals surface area contributed by atoms with Gasteiger partial charge < -0.3 is 9.15 Å². The van der Waals surface area contributed by atoms with Crippen LogP contribution in [0.25, 0.3) is 11.3 Å². The molecule has 0 unspecified atom stereocenters. The molecule has 0 bridgehead atoms. The molecule has 0 saturated carbocycles. The van der Waals surface area contributed by atoms with E-state index in [0.717, 1.165) is 23.4 Å². The van der Waals surface area contributed by atoms with Gasteiger partial charge in [-0.1, -0.05) is 0 Å². The maximum absolute atomic E-state index is 11.3. The summed E-state index contributed by atoms with van der Waals surface area (Å²) in [6.45, 7) is 4.75. The first-order valence-electron chi connectivity index (χ1n) is 5.37. The maximum atomic E-state index is 11.3. The third kappa shape index (κ3) is 1.95. The zero-order valence-electron chi connectivity index (χ0n) is 10.1. The average Bonchev–Trinajstić information content (AvgIpc) is 2.93. The van der Waals surface area contributed by atoms with E-state index in [-0.39, 0.29) is 5.76 Å². The molecule has 0 fully saturated rings. The van der Waals surface area contributed by atoms with Gasteiger partial charge in [0.1, 0.15) is 6.26 Å². The van der Waals surface area contributed by atoms with Gasteiger partial charge >= 0.3 is 5.97 Å². The minimum absolute atomic E-state index is 0.200. The number of hydrogen-bond donors (Lipinski definition) is 0. The quantitative estimate of drug-likeness (QED) is 0.764. The average molecular weight is 234 g/mol. The largest absolute Gasteiger partial charge is 0.463 e. The molecule has 0 amide bonds. The van der Waals surface area contributed by atoms with E-state index in [1.165, 1.54) is 7.11 Å². The predicted octanol–water partition coefficient (Wildman–Crippen LogP) is 2.26. The van der Waals surface area contributed by atoms with Gasteiger partial charge in [-0.25, -0.2) is 4.79 Å². The summed E-state index contributed by atoms with van der Waals surface area (Å²) >= 11 is 0. The normalized spacial score (nSPS) is 10.5. The van der Waals surface area contributed by atoms with Gasteiger partial charge in [-0.15, -0.1) is 0 Å². The van der Waals surface area contributed by atoms with Crippen molar-refractivity contribution in [3.63, 3.8) is 0 Å². The van der Waals surface area contributed by atoms with E-state index in [1.807, 2.05) is 18.5 Å². The number of aromatic nitrogens is 2. The zero-order valence-corrected chi connectivity index (χ0v) is 10.1. The number of aryl methyl sites for hydroxylation is 2. The number of hydrogen-bond acceptors (Lipinski definition) is 4. The minimum atomic E-state index is -0.475. The van der Waals surface area contributed by atoms with Gasteiger partial charge in [-0.3, -0.25) is 4.68 Å². The van der Waals surface area contributed by atoms with Crippen molar-refractivity contribution in [1.82, 2.24) is 9.78 Å². The molecule has 2 aromatic rings. The molecule has 2 rings (SSSR count). The van der Waals surface area contributed by atoms with E-state index in [2.05, 4.69) is 9.84 Å². The highest BCUT2D eigenvalue weighted by atomic mass is 16.5. The molecule has 0 radical (unpaired) electrons. The lowest BCUT2D eigenvalue weighted by atomic mass is 10.1. The van der Waals surface area contributed by atoms with Gasteiger partial charge in [0.2, 0.25) is 5.76 Å². The molecule has 0 spiro atoms. The minimum Gasteiger partial charge on any atom is -0.463 e. The first-order valence-corrected chi connectivity index (χ1v) is 5.37. The van der Waals surface area contributed by atoms with Crippen LogP contribution >= 0.6 is 0 Å². The molecule has 2 heterocycles. The Morgan fingerprint density at radius 3 is 3.00 bits per heavy atom. The second kappa shape index (κ2) is 4.45. The van der Waals surface area contributed by atoms with Crippen LogP contribution in [0.3, 0.4) is 0 Å². The molecule has 0 aromatic carbocycles. The van der Waals surface area contributed by atoms with Crippen molar-refractivity contribution < 1.29 is 13.9 Å². The summed E-state index contributed by atoms with van der Waals surface area (Å²) in [6.07, 6.45) is 3.34. The summed E-state index contributed by atoms with van der Waals surface area (Å²) in [7, 11) is 1.33. The molecular formula is C12H14N2O3. The molecule has 0 N–H and O–H groups in total. The topological polar surface area (TPSA) is 57.3 Å². The van der Waals surface area contributed by atoms with E-state index in [9.17, 15) is 4.79 Å². The Bertz CT molecular complexity index is 540. The number of rotatable bonds is 3. The first kappa shape index (κ1) is 11.4. The van der Waals surface area contributed by atoms with Crippen molar-refractivity contribution >= 4 is 5.97 Å². The van der Waals surface area contributed by atoms with Crippen molar-refractivity contribution in [3.05, 3.63) is 29.9 Å². The highest BCUT2D eigenvalue weighted by molar-refractivity contribution is 5.88. The molecule has 0 atom stereocenters. The Labute approximate surface area is 99.0 Å². The maximum Gasteiger partial charge on any atom is 0.373 e. The fraction of sp³-hybridized carbons (Fsp3) is 0.333. The van der Waals surface area contributed by atoms with E-state index >= 15 is 0 Å². The molecular weight excluding hydrogens is 220 g/mol. The fourth-order valence-corrected chi connectivity index (χ4v) is 1.76. The Kier molecular flexibility index (Phi) is 2.99. The van der Waals surface area contributed by atoms with Crippen LogP contribution in [-0.4, -0.2) is 22.9 Å². The van der Waals surface area contributed by atoms with E-state index < -0.39 is 5.97 Å². The second-order valence-electron chi connectivity index (χ2n) is 3.68. The SMILES string of the molecule is CCn1ncc(C)c1-c1coc(C(=O)OC)c1. The summed E-state index contributed by atoms with van der Waals surface area (Å²) < 4.78 is 11.6. The highest BCUT2D eigenvalue weighted by Gasteiger charge is 2.16. The van der Waals surface area contributed by atoms with Gasteiger partial charge in [-0.05, 0) is 19.4 Å². The van der Waals surface area contributed by atoms with Crippen LogP contribution in [0, 0.1) is 6.92 Å². The third-order valence-electron chi connectivity index (χ3n) is 2.58. The fourth-order valence-electron chi connectivity index (χ4n) is 1.76. The van der Waals surface area contributed by atoms with Gasteiger partial charge in [-0.2, -0.15) is 5.10 Å². The van der Waals surface area contributed by atoms with Crippen LogP contribution in [-0.2, 0) is 11.3 Å². The lowest BCUT2D eigenvalue weighted by molar-refractivity contribution is 0.0565. The molecule has 2 aromatic heterocycles. The van der Waals surface area contributed by atoms with Gasteiger partial charge in [0, 0.05) is 18.2 Å². The van der Waals surface area contributed by atoms with Gasteiger partial charge in [0.05, 0.1) is 19.0 Å². The van der Waals surface area contributed by atoms with Gasteiger partial charge in [0.25, 0.3) is 0 Å². The Balaban J connectivity index is 2.43. The Morgan fingerprint density at radius 1 is 1.59 bits per heavy atom. The summed E-state index contributed by atoms with van der Waals surface area (Å²) in [4.78, 5) is 11.3.